The van der Waals surface area contributed by atoms with Crippen LogP contribution in [0.25, 0.3) is 0 Å². The fourth-order valence-electron chi connectivity index (χ4n) is 1.02. The van der Waals surface area contributed by atoms with Crippen LogP contribution in [0.2, 0.25) is 0 Å². The maximum atomic E-state index is 10.7. The largest absolute Gasteiger partial charge is 0.480 e. The van der Waals surface area contributed by atoms with E-state index in [1.807, 2.05) is 0 Å². The smallest absolute Gasteiger partial charge is 0.327 e. The molecule has 16 heavy (non-hydrogen) atoms. The van der Waals surface area contributed by atoms with E-state index in [0.717, 1.165) is 0 Å². The second-order valence-corrected chi connectivity index (χ2v) is 3.28. The average Bonchev–Trinajstić information content (AvgIpc) is 2.14. The first-order chi connectivity index (χ1) is 7.43. The Hall–Kier alpha value is -1.63. The Morgan fingerprint density at radius 2 is 1.75 bits per heavy atom. The summed E-state index contributed by atoms with van der Waals surface area (Å²) in [6.07, 6.45) is 0. The minimum atomic E-state index is -1.10. The fraction of sp³-hybridized carbons (Fsp3) is 0.667. The molecule has 0 aliphatic heterocycles. The highest BCUT2D eigenvalue weighted by Crippen LogP contribution is 1.82. The van der Waals surface area contributed by atoms with Crippen molar-refractivity contribution in [1.82, 2.24) is 16.0 Å². The summed E-state index contributed by atoms with van der Waals surface area (Å²) in [5.41, 5.74) is 0. The lowest BCUT2D eigenvalue weighted by Crippen LogP contribution is -2.47. The van der Waals surface area contributed by atoms with Crippen LogP contribution in [0.1, 0.15) is 13.8 Å². The van der Waals surface area contributed by atoms with Crippen LogP contribution in [0, 0.1) is 0 Å². The number of carbonyl (C=O) groups is 3. The first-order valence-corrected chi connectivity index (χ1v) is 4.88. The highest BCUT2D eigenvalue weighted by atomic mass is 16.4. The van der Waals surface area contributed by atoms with Crippen molar-refractivity contribution in [3.8, 4) is 0 Å². The lowest BCUT2D eigenvalue weighted by molar-refractivity contribution is -0.141. The summed E-state index contributed by atoms with van der Waals surface area (Å²) in [6.45, 7) is 3.64. The van der Waals surface area contributed by atoms with E-state index in [1.54, 1.807) is 0 Å². The van der Waals surface area contributed by atoms with Crippen LogP contribution in [0.4, 0.5) is 0 Å². The standard InChI is InChI=1S/C9H17N3O4/c1-6(13)11-4-3-10-5-8(9(15)16)12-7(2)14/h8,10H,3-5H2,1-2H3,(H,11,13)(H,12,14)(H,15,16). The second kappa shape index (κ2) is 7.63. The summed E-state index contributed by atoms with van der Waals surface area (Å²) < 4.78 is 0. The molecule has 0 bridgehead atoms. The molecule has 0 aromatic carbocycles. The van der Waals surface area contributed by atoms with Crippen LogP contribution in [-0.2, 0) is 14.4 Å². The molecule has 0 aromatic rings. The van der Waals surface area contributed by atoms with Crippen molar-refractivity contribution in [3.63, 3.8) is 0 Å². The van der Waals surface area contributed by atoms with E-state index in [-0.39, 0.29) is 12.5 Å². The third-order valence-corrected chi connectivity index (χ3v) is 1.70. The van der Waals surface area contributed by atoms with E-state index >= 15 is 0 Å². The zero-order valence-corrected chi connectivity index (χ0v) is 9.37. The zero-order valence-electron chi connectivity index (χ0n) is 9.37. The Morgan fingerprint density at radius 1 is 1.12 bits per heavy atom. The molecule has 92 valence electrons. The van der Waals surface area contributed by atoms with Gasteiger partial charge >= 0.3 is 5.97 Å². The lowest BCUT2D eigenvalue weighted by Gasteiger charge is -2.13. The van der Waals surface area contributed by atoms with Crippen molar-refractivity contribution in [3.05, 3.63) is 0 Å². The molecule has 1 unspecified atom stereocenters. The maximum absolute atomic E-state index is 10.7. The monoisotopic (exact) mass is 231 g/mol. The van der Waals surface area contributed by atoms with Gasteiger partial charge in [0.25, 0.3) is 0 Å². The summed E-state index contributed by atoms with van der Waals surface area (Å²) in [5.74, 6) is -1.63. The molecule has 0 aliphatic carbocycles. The predicted octanol–water partition coefficient (Wildman–Crippen LogP) is -1.70. The summed E-state index contributed by atoms with van der Waals surface area (Å²) in [5, 5.41) is 16.4. The number of hydrogen-bond acceptors (Lipinski definition) is 4. The predicted molar refractivity (Wildman–Crippen MR) is 56.8 cm³/mol. The number of rotatable bonds is 7. The number of hydrogen-bond donors (Lipinski definition) is 4. The van der Waals surface area contributed by atoms with Gasteiger partial charge in [-0.2, -0.15) is 0 Å². The molecule has 0 aliphatic rings. The summed E-state index contributed by atoms with van der Waals surface area (Å²) in [6, 6.07) is -0.949. The summed E-state index contributed by atoms with van der Waals surface area (Å²) in [4.78, 5) is 31.9. The molecule has 0 saturated carbocycles. The number of nitrogens with one attached hydrogen (secondary N) is 3. The number of carboxylic acids is 1. The molecule has 0 heterocycles. The summed E-state index contributed by atoms with van der Waals surface area (Å²) in [7, 11) is 0. The lowest BCUT2D eigenvalue weighted by atomic mass is 10.3. The van der Waals surface area contributed by atoms with Crippen molar-refractivity contribution in [2.24, 2.45) is 0 Å². The third-order valence-electron chi connectivity index (χ3n) is 1.70. The first kappa shape index (κ1) is 14.4. The topological polar surface area (TPSA) is 108 Å². The van der Waals surface area contributed by atoms with E-state index in [1.165, 1.54) is 13.8 Å². The first-order valence-electron chi connectivity index (χ1n) is 4.88. The van der Waals surface area contributed by atoms with E-state index in [0.29, 0.717) is 13.1 Å². The van der Waals surface area contributed by atoms with Crippen molar-refractivity contribution in [1.29, 1.82) is 0 Å². The van der Waals surface area contributed by atoms with E-state index < -0.39 is 17.9 Å². The van der Waals surface area contributed by atoms with Gasteiger partial charge in [0, 0.05) is 33.5 Å². The van der Waals surface area contributed by atoms with Gasteiger partial charge in [-0.1, -0.05) is 0 Å². The molecular weight excluding hydrogens is 214 g/mol. The van der Waals surface area contributed by atoms with Crippen LogP contribution in [0.15, 0.2) is 0 Å². The molecule has 7 heteroatoms. The molecule has 1 atom stereocenters. The Kier molecular flexibility index (Phi) is 6.86. The van der Waals surface area contributed by atoms with Crippen molar-refractivity contribution in [2.45, 2.75) is 19.9 Å². The van der Waals surface area contributed by atoms with E-state index in [4.69, 9.17) is 5.11 Å². The number of carboxylic acid groups (broad SMARTS) is 1. The minimum Gasteiger partial charge on any atom is -0.480 e. The maximum Gasteiger partial charge on any atom is 0.327 e. The van der Waals surface area contributed by atoms with Gasteiger partial charge in [-0.25, -0.2) is 4.79 Å². The molecule has 7 nitrogen and oxygen atoms in total. The van der Waals surface area contributed by atoms with Crippen molar-refractivity contribution < 1.29 is 19.5 Å². The van der Waals surface area contributed by atoms with Crippen molar-refractivity contribution in [2.75, 3.05) is 19.6 Å². The minimum absolute atomic E-state index is 0.120. The van der Waals surface area contributed by atoms with Crippen LogP contribution >= 0.6 is 0 Å². The Balaban J connectivity index is 3.72. The van der Waals surface area contributed by atoms with Gasteiger partial charge in [0.15, 0.2) is 0 Å². The van der Waals surface area contributed by atoms with E-state index in [2.05, 4.69) is 16.0 Å². The van der Waals surface area contributed by atoms with Crippen molar-refractivity contribution >= 4 is 17.8 Å². The zero-order chi connectivity index (χ0) is 12.6. The molecule has 2 amide bonds. The SMILES string of the molecule is CC(=O)NCCNCC(NC(C)=O)C(=O)O. The van der Waals surface area contributed by atoms with Gasteiger partial charge in [-0.15, -0.1) is 0 Å². The molecule has 0 spiro atoms. The van der Waals surface area contributed by atoms with Gasteiger partial charge in [0.2, 0.25) is 11.8 Å². The Bertz CT molecular complexity index is 267. The van der Waals surface area contributed by atoms with Gasteiger partial charge < -0.3 is 21.1 Å². The number of carbonyl (C=O) groups excluding carboxylic acids is 2. The molecule has 0 saturated heterocycles. The highest BCUT2D eigenvalue weighted by molar-refractivity contribution is 5.82. The molecule has 0 fully saturated rings. The van der Waals surface area contributed by atoms with Crippen LogP contribution in [0.5, 0.6) is 0 Å². The molecule has 0 radical (unpaired) electrons. The molecule has 4 N–H and O–H groups in total. The summed E-state index contributed by atoms with van der Waals surface area (Å²) >= 11 is 0. The molecular formula is C9H17N3O4. The quantitative estimate of drug-likeness (QED) is 0.391. The van der Waals surface area contributed by atoms with Crippen LogP contribution < -0.4 is 16.0 Å². The Morgan fingerprint density at radius 3 is 2.19 bits per heavy atom. The Labute approximate surface area is 93.6 Å². The number of amides is 2. The molecule has 0 rings (SSSR count). The highest BCUT2D eigenvalue weighted by Gasteiger charge is 2.17. The molecule has 0 aromatic heterocycles. The van der Waals surface area contributed by atoms with Gasteiger partial charge in [0.05, 0.1) is 0 Å². The second-order valence-electron chi connectivity index (χ2n) is 3.28. The number of aliphatic carboxylic acids is 1. The normalized spacial score (nSPS) is 11.6. The van der Waals surface area contributed by atoms with Gasteiger partial charge in [-0.3, -0.25) is 9.59 Å². The average molecular weight is 231 g/mol. The third kappa shape index (κ3) is 7.74. The van der Waals surface area contributed by atoms with Gasteiger partial charge in [0.1, 0.15) is 6.04 Å². The van der Waals surface area contributed by atoms with Crippen LogP contribution in [-0.4, -0.2) is 48.6 Å². The van der Waals surface area contributed by atoms with Gasteiger partial charge in [-0.05, 0) is 0 Å². The van der Waals surface area contributed by atoms with E-state index in [9.17, 15) is 14.4 Å². The fourth-order valence-corrected chi connectivity index (χ4v) is 1.02. The van der Waals surface area contributed by atoms with Crippen LogP contribution in [0.3, 0.4) is 0 Å².